The fourth-order valence-corrected chi connectivity index (χ4v) is 2.66. The monoisotopic (exact) mass is 277 g/mol. The van der Waals surface area contributed by atoms with E-state index in [4.69, 9.17) is 0 Å². The SMILES string of the molecule is CCCCN(Cc1ccc(C2CC2)cc1F)[C@@H](C)CC. The highest BCUT2D eigenvalue weighted by Crippen LogP contribution is 2.40. The molecule has 2 rings (SSSR count). The summed E-state index contributed by atoms with van der Waals surface area (Å²) in [4.78, 5) is 2.42. The zero-order valence-corrected chi connectivity index (χ0v) is 13.2. The maximum atomic E-state index is 14.3. The Labute approximate surface area is 123 Å². The topological polar surface area (TPSA) is 3.24 Å². The van der Waals surface area contributed by atoms with Crippen LogP contribution >= 0.6 is 0 Å². The van der Waals surface area contributed by atoms with Crippen molar-refractivity contribution in [2.75, 3.05) is 6.54 Å². The summed E-state index contributed by atoms with van der Waals surface area (Å²) < 4.78 is 14.3. The van der Waals surface area contributed by atoms with Crippen molar-refractivity contribution >= 4 is 0 Å². The van der Waals surface area contributed by atoms with Crippen LogP contribution in [0.4, 0.5) is 4.39 Å². The maximum absolute atomic E-state index is 14.3. The van der Waals surface area contributed by atoms with Gasteiger partial charge in [-0.1, -0.05) is 32.4 Å². The minimum Gasteiger partial charge on any atom is -0.296 e. The third kappa shape index (κ3) is 4.05. The van der Waals surface area contributed by atoms with Crippen molar-refractivity contribution in [1.82, 2.24) is 4.90 Å². The zero-order chi connectivity index (χ0) is 14.5. The zero-order valence-electron chi connectivity index (χ0n) is 13.2. The lowest BCUT2D eigenvalue weighted by Gasteiger charge is -2.28. The van der Waals surface area contributed by atoms with Gasteiger partial charge in [-0.3, -0.25) is 4.90 Å². The molecule has 1 saturated carbocycles. The first-order valence-corrected chi connectivity index (χ1v) is 8.18. The summed E-state index contributed by atoms with van der Waals surface area (Å²) in [5.74, 6) is 0.614. The molecule has 1 aromatic rings. The average Bonchev–Trinajstić information content (AvgIpc) is 3.28. The largest absolute Gasteiger partial charge is 0.296 e. The third-order valence-electron chi connectivity index (χ3n) is 4.51. The van der Waals surface area contributed by atoms with Crippen molar-refractivity contribution < 1.29 is 4.39 Å². The number of hydrogen-bond donors (Lipinski definition) is 0. The van der Waals surface area contributed by atoms with Crippen LogP contribution in [0.5, 0.6) is 0 Å². The highest BCUT2D eigenvalue weighted by Gasteiger charge is 2.24. The summed E-state index contributed by atoms with van der Waals surface area (Å²) in [5.41, 5.74) is 2.04. The van der Waals surface area contributed by atoms with Crippen molar-refractivity contribution in [3.63, 3.8) is 0 Å². The Morgan fingerprint density at radius 2 is 2.05 bits per heavy atom. The van der Waals surface area contributed by atoms with E-state index in [1.54, 1.807) is 6.07 Å². The molecule has 0 bridgehead atoms. The molecule has 0 N–H and O–H groups in total. The van der Waals surface area contributed by atoms with E-state index in [0.717, 1.165) is 25.1 Å². The van der Waals surface area contributed by atoms with Crippen molar-refractivity contribution in [2.24, 2.45) is 0 Å². The van der Waals surface area contributed by atoms with Gasteiger partial charge in [0.25, 0.3) is 0 Å². The molecule has 0 aromatic heterocycles. The fraction of sp³-hybridized carbons (Fsp3) is 0.667. The van der Waals surface area contributed by atoms with E-state index in [1.807, 2.05) is 6.07 Å². The Bertz CT molecular complexity index is 425. The summed E-state index contributed by atoms with van der Waals surface area (Å²) in [6.07, 6.45) is 5.95. The predicted molar refractivity (Wildman–Crippen MR) is 83.4 cm³/mol. The molecule has 1 aromatic carbocycles. The number of halogens is 1. The second-order valence-corrected chi connectivity index (χ2v) is 6.21. The van der Waals surface area contributed by atoms with Crippen LogP contribution in [-0.4, -0.2) is 17.5 Å². The van der Waals surface area contributed by atoms with Gasteiger partial charge in [0.2, 0.25) is 0 Å². The number of rotatable bonds is 8. The second kappa shape index (κ2) is 7.21. The standard InChI is InChI=1S/C18H28FN/c1-4-6-11-20(14(3)5-2)13-17-10-9-16(12-18(17)19)15-7-8-15/h9-10,12,14-15H,4-8,11,13H2,1-3H3/t14-/m0/s1. The van der Waals surface area contributed by atoms with E-state index in [1.165, 1.54) is 31.2 Å². The Morgan fingerprint density at radius 1 is 1.30 bits per heavy atom. The number of nitrogens with zero attached hydrogens (tertiary/aromatic N) is 1. The predicted octanol–water partition coefficient (Wildman–Crippen LogP) is 5.10. The first-order chi connectivity index (χ1) is 9.65. The second-order valence-electron chi connectivity index (χ2n) is 6.21. The lowest BCUT2D eigenvalue weighted by Crippen LogP contribution is -2.33. The van der Waals surface area contributed by atoms with Gasteiger partial charge in [0.15, 0.2) is 0 Å². The quantitative estimate of drug-likeness (QED) is 0.638. The van der Waals surface area contributed by atoms with Crippen LogP contribution in [0, 0.1) is 5.82 Å². The molecule has 1 atom stereocenters. The van der Waals surface area contributed by atoms with Crippen LogP contribution in [0.15, 0.2) is 18.2 Å². The van der Waals surface area contributed by atoms with Crippen molar-refractivity contribution in [3.05, 3.63) is 35.1 Å². The average molecular weight is 277 g/mol. The Morgan fingerprint density at radius 3 is 2.60 bits per heavy atom. The number of benzene rings is 1. The van der Waals surface area contributed by atoms with Crippen molar-refractivity contribution in [3.8, 4) is 0 Å². The van der Waals surface area contributed by atoms with E-state index in [2.05, 4.69) is 31.7 Å². The van der Waals surface area contributed by atoms with Crippen LogP contribution in [0.1, 0.15) is 69.9 Å². The fourth-order valence-electron chi connectivity index (χ4n) is 2.66. The first-order valence-electron chi connectivity index (χ1n) is 8.18. The number of hydrogen-bond acceptors (Lipinski definition) is 1. The van der Waals surface area contributed by atoms with Gasteiger partial charge in [-0.05, 0) is 56.7 Å². The maximum Gasteiger partial charge on any atom is 0.127 e. The minimum atomic E-state index is -0.0146. The van der Waals surface area contributed by atoms with E-state index in [9.17, 15) is 4.39 Å². The molecule has 0 aliphatic heterocycles. The molecule has 0 heterocycles. The Balaban J connectivity index is 2.04. The molecular formula is C18H28FN. The molecule has 1 fully saturated rings. The summed E-state index contributed by atoms with van der Waals surface area (Å²) in [6, 6.07) is 6.42. The van der Waals surface area contributed by atoms with E-state index >= 15 is 0 Å². The molecule has 1 nitrogen and oxygen atoms in total. The highest BCUT2D eigenvalue weighted by atomic mass is 19.1. The molecule has 0 amide bonds. The van der Waals surface area contributed by atoms with Gasteiger partial charge < -0.3 is 0 Å². The highest BCUT2D eigenvalue weighted by molar-refractivity contribution is 5.29. The van der Waals surface area contributed by atoms with E-state index in [-0.39, 0.29) is 5.82 Å². The van der Waals surface area contributed by atoms with Gasteiger partial charge >= 0.3 is 0 Å². The van der Waals surface area contributed by atoms with Gasteiger partial charge in [-0.25, -0.2) is 4.39 Å². The first kappa shape index (κ1) is 15.5. The van der Waals surface area contributed by atoms with Gasteiger partial charge in [-0.15, -0.1) is 0 Å². The molecule has 0 unspecified atom stereocenters. The lowest BCUT2D eigenvalue weighted by molar-refractivity contribution is 0.190. The van der Waals surface area contributed by atoms with E-state index < -0.39 is 0 Å². The summed E-state index contributed by atoms with van der Waals surface area (Å²) in [6.45, 7) is 8.46. The van der Waals surface area contributed by atoms with Crippen LogP contribution in [0.25, 0.3) is 0 Å². The van der Waals surface area contributed by atoms with Crippen LogP contribution in [0.3, 0.4) is 0 Å². The molecule has 1 aliphatic rings. The van der Waals surface area contributed by atoms with Gasteiger partial charge in [-0.2, -0.15) is 0 Å². The Hall–Kier alpha value is -0.890. The summed E-state index contributed by atoms with van der Waals surface area (Å²) >= 11 is 0. The number of unbranched alkanes of at least 4 members (excludes halogenated alkanes) is 1. The molecule has 0 radical (unpaired) electrons. The van der Waals surface area contributed by atoms with Crippen LogP contribution in [0.2, 0.25) is 0 Å². The van der Waals surface area contributed by atoms with Crippen LogP contribution < -0.4 is 0 Å². The molecule has 20 heavy (non-hydrogen) atoms. The lowest BCUT2D eigenvalue weighted by atomic mass is 10.1. The van der Waals surface area contributed by atoms with Crippen molar-refractivity contribution in [2.45, 2.75) is 71.4 Å². The normalized spacial score (nSPS) is 16.6. The van der Waals surface area contributed by atoms with Gasteiger partial charge in [0.05, 0.1) is 0 Å². The molecule has 1 aliphatic carbocycles. The minimum absolute atomic E-state index is 0.0146. The molecule has 0 spiro atoms. The molecule has 112 valence electrons. The van der Waals surface area contributed by atoms with Crippen molar-refractivity contribution in [1.29, 1.82) is 0 Å². The van der Waals surface area contributed by atoms with E-state index in [0.29, 0.717) is 12.0 Å². The molecular weight excluding hydrogens is 249 g/mol. The van der Waals surface area contributed by atoms with Crippen LogP contribution in [-0.2, 0) is 6.54 Å². The van der Waals surface area contributed by atoms with Gasteiger partial charge in [0.1, 0.15) is 5.82 Å². The Kier molecular flexibility index (Phi) is 5.59. The smallest absolute Gasteiger partial charge is 0.127 e. The summed E-state index contributed by atoms with van der Waals surface area (Å²) in [5, 5.41) is 0. The van der Waals surface area contributed by atoms with Gasteiger partial charge in [0, 0.05) is 18.2 Å². The summed E-state index contributed by atoms with van der Waals surface area (Å²) in [7, 11) is 0. The molecule has 2 heteroatoms. The molecule has 0 saturated heterocycles. The third-order valence-corrected chi connectivity index (χ3v) is 4.51.